The van der Waals surface area contributed by atoms with Crippen LogP contribution in [0.25, 0.3) is 0 Å². The van der Waals surface area contributed by atoms with Crippen molar-refractivity contribution in [2.75, 3.05) is 25.3 Å². The molecule has 0 saturated carbocycles. The van der Waals surface area contributed by atoms with Gasteiger partial charge in [-0.15, -0.1) is 0 Å². The average molecular weight is 437 g/mol. The van der Waals surface area contributed by atoms with Crippen LogP contribution in [0.2, 0.25) is 15.1 Å². The number of nitrogens with one attached hydrogen (secondary N) is 1. The van der Waals surface area contributed by atoms with Gasteiger partial charge in [-0.05, 0) is 13.2 Å². The number of ether oxygens (including phenoxy) is 2. The van der Waals surface area contributed by atoms with Gasteiger partial charge in [-0.25, -0.2) is 14.8 Å². The Balaban J connectivity index is 2.34. The number of methoxy groups -OCH3 is 1. The molecule has 1 aromatic heterocycles. The number of hydrogen-bond donors (Lipinski definition) is 1. The van der Waals surface area contributed by atoms with Crippen molar-refractivity contribution in [3.63, 3.8) is 0 Å². The highest BCUT2D eigenvalue weighted by Gasteiger charge is 2.19. The second-order valence-electron chi connectivity index (χ2n) is 4.86. The van der Waals surface area contributed by atoms with Gasteiger partial charge in [0.05, 0.1) is 23.8 Å². The molecule has 0 amide bonds. The molecule has 26 heavy (non-hydrogen) atoms. The maximum absolute atomic E-state index is 12.1. The minimum Gasteiger partial charge on any atom is -0.495 e. The fourth-order valence-corrected chi connectivity index (χ4v) is 3.21. The fourth-order valence-electron chi connectivity index (χ4n) is 2.05. The Morgan fingerprint density at radius 2 is 2.04 bits per heavy atom. The Morgan fingerprint density at radius 1 is 1.31 bits per heavy atom. The normalized spacial score (nSPS) is 10.5. The predicted octanol–water partition coefficient (Wildman–Crippen LogP) is 4.96. The SMILES string of the molecule is CCOC(=O)c1cnc(SC)nc1NCc1c(Cl)cc(OC)c(Cl)c1Cl. The number of hydrogen-bond acceptors (Lipinski definition) is 7. The van der Waals surface area contributed by atoms with E-state index in [-0.39, 0.29) is 28.8 Å². The van der Waals surface area contributed by atoms with Crippen molar-refractivity contribution in [2.45, 2.75) is 18.6 Å². The van der Waals surface area contributed by atoms with Gasteiger partial charge in [0, 0.05) is 24.4 Å². The van der Waals surface area contributed by atoms with Crippen LogP contribution in [0.1, 0.15) is 22.8 Å². The standard InChI is InChI=1S/C16H16Cl3N3O3S/c1-4-25-15(23)9-7-21-16(26-3)22-14(9)20-6-8-10(17)5-11(24-2)13(19)12(8)18/h5,7H,4,6H2,1-3H3,(H,20,21,22). The van der Waals surface area contributed by atoms with Gasteiger partial charge >= 0.3 is 5.97 Å². The molecule has 140 valence electrons. The second kappa shape index (κ2) is 9.50. The summed E-state index contributed by atoms with van der Waals surface area (Å²) in [5, 5.41) is 4.46. The quantitative estimate of drug-likeness (QED) is 0.285. The highest BCUT2D eigenvalue weighted by Crippen LogP contribution is 2.39. The smallest absolute Gasteiger partial charge is 0.343 e. The van der Waals surface area contributed by atoms with Crippen LogP contribution < -0.4 is 10.1 Å². The third-order valence-corrected chi connectivity index (χ3v) is 5.11. The van der Waals surface area contributed by atoms with Gasteiger partial charge in [-0.2, -0.15) is 0 Å². The molecule has 0 spiro atoms. The summed E-state index contributed by atoms with van der Waals surface area (Å²) in [6, 6.07) is 1.58. The highest BCUT2D eigenvalue weighted by atomic mass is 35.5. The summed E-state index contributed by atoms with van der Waals surface area (Å²) < 4.78 is 10.2. The summed E-state index contributed by atoms with van der Waals surface area (Å²) in [6.45, 7) is 2.16. The van der Waals surface area contributed by atoms with E-state index in [4.69, 9.17) is 44.3 Å². The lowest BCUT2D eigenvalue weighted by Gasteiger charge is -2.15. The van der Waals surface area contributed by atoms with E-state index in [1.165, 1.54) is 25.1 Å². The van der Waals surface area contributed by atoms with Crippen LogP contribution in [0, 0.1) is 0 Å². The van der Waals surface area contributed by atoms with Crippen molar-refractivity contribution in [3.05, 3.63) is 38.5 Å². The van der Waals surface area contributed by atoms with Gasteiger partial charge in [0.2, 0.25) is 0 Å². The molecule has 0 radical (unpaired) electrons. The Morgan fingerprint density at radius 3 is 2.65 bits per heavy atom. The molecule has 1 aromatic carbocycles. The highest BCUT2D eigenvalue weighted by molar-refractivity contribution is 7.98. The maximum Gasteiger partial charge on any atom is 0.343 e. The Labute approximate surface area is 170 Å². The minimum absolute atomic E-state index is 0.193. The topological polar surface area (TPSA) is 73.3 Å². The van der Waals surface area contributed by atoms with Crippen LogP contribution >= 0.6 is 46.6 Å². The number of carbonyl (C=O) groups excluding carboxylic acids is 1. The number of rotatable bonds is 7. The molecule has 0 aliphatic rings. The van der Waals surface area contributed by atoms with Crippen molar-refractivity contribution >= 4 is 58.4 Å². The molecule has 6 nitrogen and oxygen atoms in total. The zero-order chi connectivity index (χ0) is 19.3. The number of nitrogens with zero attached hydrogens (tertiary/aromatic N) is 2. The van der Waals surface area contributed by atoms with Gasteiger partial charge in [-0.1, -0.05) is 46.6 Å². The van der Waals surface area contributed by atoms with Crippen LogP contribution in [0.5, 0.6) is 5.75 Å². The van der Waals surface area contributed by atoms with E-state index in [2.05, 4.69) is 15.3 Å². The van der Waals surface area contributed by atoms with E-state index >= 15 is 0 Å². The number of anilines is 1. The second-order valence-corrected chi connectivity index (χ2v) is 6.80. The molecular formula is C16H16Cl3N3O3S. The van der Waals surface area contributed by atoms with E-state index in [1.54, 1.807) is 13.0 Å². The summed E-state index contributed by atoms with van der Waals surface area (Å²) in [6.07, 6.45) is 3.25. The van der Waals surface area contributed by atoms with Crippen molar-refractivity contribution < 1.29 is 14.3 Å². The Hall–Kier alpha value is -1.41. The molecule has 0 aliphatic heterocycles. The van der Waals surface area contributed by atoms with E-state index in [1.807, 2.05) is 6.26 Å². The first-order chi connectivity index (χ1) is 12.4. The molecule has 0 saturated heterocycles. The molecule has 10 heteroatoms. The van der Waals surface area contributed by atoms with E-state index < -0.39 is 5.97 Å². The average Bonchev–Trinajstić information content (AvgIpc) is 2.64. The number of benzene rings is 1. The number of esters is 1. The van der Waals surface area contributed by atoms with Crippen LogP contribution in [-0.4, -0.2) is 35.9 Å². The van der Waals surface area contributed by atoms with Gasteiger partial charge < -0.3 is 14.8 Å². The monoisotopic (exact) mass is 435 g/mol. The van der Waals surface area contributed by atoms with Crippen LogP contribution in [-0.2, 0) is 11.3 Å². The zero-order valence-electron chi connectivity index (χ0n) is 14.2. The number of aromatic nitrogens is 2. The van der Waals surface area contributed by atoms with Crippen molar-refractivity contribution in [1.82, 2.24) is 9.97 Å². The lowest BCUT2D eigenvalue weighted by atomic mass is 10.2. The predicted molar refractivity (Wildman–Crippen MR) is 105 cm³/mol. The number of thioether (sulfide) groups is 1. The van der Waals surface area contributed by atoms with E-state index in [0.29, 0.717) is 27.3 Å². The van der Waals surface area contributed by atoms with Crippen LogP contribution in [0.3, 0.4) is 0 Å². The number of halogens is 3. The van der Waals surface area contributed by atoms with Crippen molar-refractivity contribution in [1.29, 1.82) is 0 Å². The Kier molecular flexibility index (Phi) is 7.64. The summed E-state index contributed by atoms with van der Waals surface area (Å²) >= 11 is 20.1. The van der Waals surface area contributed by atoms with Gasteiger partial charge in [0.1, 0.15) is 22.2 Å². The summed E-state index contributed by atoms with van der Waals surface area (Å²) in [5.41, 5.74) is 0.773. The first-order valence-electron chi connectivity index (χ1n) is 7.45. The lowest BCUT2D eigenvalue weighted by molar-refractivity contribution is 0.0526. The molecule has 1 heterocycles. The first-order valence-corrected chi connectivity index (χ1v) is 9.81. The summed E-state index contributed by atoms with van der Waals surface area (Å²) in [4.78, 5) is 20.5. The van der Waals surface area contributed by atoms with Crippen LogP contribution in [0.15, 0.2) is 17.4 Å². The molecule has 2 aromatic rings. The van der Waals surface area contributed by atoms with Gasteiger partial charge in [0.15, 0.2) is 5.16 Å². The fraction of sp³-hybridized carbons (Fsp3) is 0.312. The van der Waals surface area contributed by atoms with Gasteiger partial charge in [0.25, 0.3) is 0 Å². The molecule has 2 rings (SSSR count). The summed E-state index contributed by atoms with van der Waals surface area (Å²) in [5.74, 6) is 0.179. The molecule has 0 fully saturated rings. The molecule has 0 atom stereocenters. The number of carbonyl (C=O) groups is 1. The maximum atomic E-state index is 12.1. The molecular weight excluding hydrogens is 421 g/mol. The van der Waals surface area contributed by atoms with E-state index in [0.717, 1.165) is 0 Å². The van der Waals surface area contributed by atoms with Crippen molar-refractivity contribution in [3.8, 4) is 5.75 Å². The largest absolute Gasteiger partial charge is 0.495 e. The molecule has 0 unspecified atom stereocenters. The molecule has 1 N–H and O–H groups in total. The zero-order valence-corrected chi connectivity index (χ0v) is 17.3. The Bertz CT molecular complexity index is 821. The lowest BCUT2D eigenvalue weighted by Crippen LogP contribution is -2.13. The molecule has 0 aliphatic carbocycles. The third-order valence-electron chi connectivity index (χ3n) is 3.32. The van der Waals surface area contributed by atoms with Crippen LogP contribution in [0.4, 0.5) is 5.82 Å². The van der Waals surface area contributed by atoms with Crippen molar-refractivity contribution in [2.24, 2.45) is 0 Å². The first kappa shape index (κ1) is 20.9. The van der Waals surface area contributed by atoms with Gasteiger partial charge in [-0.3, -0.25) is 0 Å². The molecule has 0 bridgehead atoms. The summed E-state index contributed by atoms with van der Waals surface area (Å²) in [7, 11) is 1.47. The minimum atomic E-state index is -0.521. The third kappa shape index (κ3) is 4.65. The van der Waals surface area contributed by atoms with E-state index in [9.17, 15) is 4.79 Å².